The Balaban J connectivity index is 2.77. The summed E-state index contributed by atoms with van der Waals surface area (Å²) in [6, 6.07) is 2.01. The van der Waals surface area contributed by atoms with Crippen molar-refractivity contribution in [1.82, 2.24) is 10.0 Å². The molecule has 26 heavy (non-hydrogen) atoms. The summed E-state index contributed by atoms with van der Waals surface area (Å²) in [7, 11) is -4.08. The predicted molar refractivity (Wildman–Crippen MR) is 96.1 cm³/mol. The van der Waals surface area contributed by atoms with Gasteiger partial charge in [-0.1, -0.05) is 18.5 Å². The zero-order valence-corrected chi connectivity index (χ0v) is 16.6. The minimum atomic E-state index is -4.08. The monoisotopic (exact) mass is 410 g/mol. The molecule has 0 saturated heterocycles. The summed E-state index contributed by atoms with van der Waals surface area (Å²) < 4.78 is 45.3. The fourth-order valence-electron chi connectivity index (χ4n) is 2.03. The lowest BCUT2D eigenvalue weighted by molar-refractivity contribution is 0.0476. The molecular weight excluding hydrogens is 387 g/mol. The Morgan fingerprint density at radius 1 is 1.38 bits per heavy atom. The maximum Gasteiger partial charge on any atom is 0.407 e. The smallest absolute Gasteiger partial charge is 0.407 e. The van der Waals surface area contributed by atoms with E-state index in [0.717, 1.165) is 18.2 Å². The largest absolute Gasteiger partial charge is 0.444 e. The lowest BCUT2D eigenvalue weighted by atomic mass is 10.1. The molecule has 1 rings (SSSR count). The minimum Gasteiger partial charge on any atom is -0.444 e. The van der Waals surface area contributed by atoms with Gasteiger partial charge in [0.2, 0.25) is 10.0 Å². The highest BCUT2D eigenvalue weighted by atomic mass is 35.5. The van der Waals surface area contributed by atoms with Crippen LogP contribution < -0.4 is 10.0 Å². The van der Waals surface area contributed by atoms with Crippen molar-refractivity contribution in [1.29, 1.82) is 0 Å². The predicted octanol–water partition coefficient (Wildman–Crippen LogP) is 2.42. The number of carbonyl (C=O) groups excluding carboxylic acids is 1. The van der Waals surface area contributed by atoms with E-state index in [1.54, 1.807) is 27.7 Å². The van der Waals surface area contributed by atoms with E-state index in [-0.39, 0.29) is 22.9 Å². The second kappa shape index (κ2) is 8.98. The van der Waals surface area contributed by atoms with E-state index in [2.05, 4.69) is 10.0 Å². The number of benzene rings is 1. The number of aliphatic hydroxyl groups is 1. The van der Waals surface area contributed by atoms with Gasteiger partial charge in [-0.3, -0.25) is 0 Å². The number of nitrogens with one attached hydrogen (secondary N) is 2. The maximum absolute atomic E-state index is 13.1. The van der Waals surface area contributed by atoms with Crippen LogP contribution in [0.1, 0.15) is 34.1 Å². The molecule has 0 saturated carbocycles. The van der Waals surface area contributed by atoms with Gasteiger partial charge in [-0.2, -0.15) is 0 Å². The van der Waals surface area contributed by atoms with Gasteiger partial charge in [-0.15, -0.1) is 0 Å². The van der Waals surface area contributed by atoms with Gasteiger partial charge in [0.05, 0.1) is 11.1 Å². The van der Waals surface area contributed by atoms with Crippen molar-refractivity contribution in [3.05, 3.63) is 29.0 Å². The Labute approximate surface area is 157 Å². The van der Waals surface area contributed by atoms with Gasteiger partial charge in [-0.25, -0.2) is 22.3 Å². The van der Waals surface area contributed by atoms with Crippen LogP contribution in [0.4, 0.5) is 9.18 Å². The van der Waals surface area contributed by atoms with E-state index in [1.807, 2.05) is 0 Å². The highest BCUT2D eigenvalue weighted by Gasteiger charge is 2.27. The molecule has 1 aromatic rings. The van der Waals surface area contributed by atoms with E-state index < -0.39 is 39.7 Å². The molecule has 10 heteroatoms. The first kappa shape index (κ1) is 22.6. The third-order valence-electron chi connectivity index (χ3n) is 3.25. The number of carbonyl (C=O) groups is 1. The zero-order valence-electron chi connectivity index (χ0n) is 15.0. The van der Waals surface area contributed by atoms with Crippen LogP contribution >= 0.6 is 11.6 Å². The number of alkyl carbamates (subject to hydrolysis) is 1. The number of sulfonamides is 1. The molecule has 3 N–H and O–H groups in total. The number of rotatable bonds is 7. The van der Waals surface area contributed by atoms with Gasteiger partial charge in [0.25, 0.3) is 0 Å². The fourth-order valence-corrected chi connectivity index (χ4v) is 3.92. The number of hydrogen-bond donors (Lipinski definition) is 3. The maximum atomic E-state index is 13.1. The van der Waals surface area contributed by atoms with Crippen LogP contribution in [0.5, 0.6) is 0 Å². The molecule has 7 nitrogen and oxygen atoms in total. The molecule has 0 bridgehead atoms. The summed E-state index contributed by atoms with van der Waals surface area (Å²) in [5.41, 5.74) is -0.694. The van der Waals surface area contributed by atoms with Crippen LogP contribution in [0.2, 0.25) is 5.02 Å². The fraction of sp³-hybridized carbons (Fsp3) is 0.562. The molecule has 0 heterocycles. The first-order chi connectivity index (χ1) is 11.9. The highest BCUT2D eigenvalue weighted by Crippen LogP contribution is 2.22. The van der Waals surface area contributed by atoms with Gasteiger partial charge in [-0.05, 0) is 45.4 Å². The highest BCUT2D eigenvalue weighted by molar-refractivity contribution is 7.89. The zero-order chi connectivity index (χ0) is 20.1. The van der Waals surface area contributed by atoms with E-state index >= 15 is 0 Å². The van der Waals surface area contributed by atoms with Crippen LogP contribution in [0.25, 0.3) is 0 Å². The first-order valence-electron chi connectivity index (χ1n) is 7.98. The molecule has 2 atom stereocenters. The lowest BCUT2D eigenvalue weighted by Crippen LogP contribution is -2.48. The lowest BCUT2D eigenvalue weighted by Gasteiger charge is -2.24. The van der Waals surface area contributed by atoms with Crippen molar-refractivity contribution in [2.45, 2.75) is 56.8 Å². The third kappa shape index (κ3) is 7.06. The average molecular weight is 411 g/mol. The average Bonchev–Trinajstić information content (AvgIpc) is 2.48. The molecule has 0 spiro atoms. The number of amides is 1. The van der Waals surface area contributed by atoms with Gasteiger partial charge >= 0.3 is 6.09 Å². The normalized spacial score (nSPS) is 14.6. The second-order valence-electron chi connectivity index (χ2n) is 6.66. The van der Waals surface area contributed by atoms with Crippen molar-refractivity contribution < 1.29 is 27.4 Å². The van der Waals surface area contributed by atoms with Gasteiger partial charge in [0, 0.05) is 12.6 Å². The third-order valence-corrected chi connectivity index (χ3v) is 5.22. The van der Waals surface area contributed by atoms with Crippen LogP contribution in [0, 0.1) is 5.82 Å². The Morgan fingerprint density at radius 3 is 2.50 bits per heavy atom. The van der Waals surface area contributed by atoms with E-state index in [4.69, 9.17) is 16.3 Å². The molecular formula is C16H24ClFN2O5S. The molecule has 0 fully saturated rings. The first-order valence-corrected chi connectivity index (χ1v) is 9.84. The molecule has 1 amide bonds. The van der Waals surface area contributed by atoms with Gasteiger partial charge in [0.1, 0.15) is 16.3 Å². The van der Waals surface area contributed by atoms with Gasteiger partial charge in [0.15, 0.2) is 0 Å². The van der Waals surface area contributed by atoms with E-state index in [1.165, 1.54) is 0 Å². The van der Waals surface area contributed by atoms with Crippen LogP contribution in [-0.2, 0) is 14.8 Å². The molecule has 1 aromatic carbocycles. The summed E-state index contributed by atoms with van der Waals surface area (Å²) >= 11 is 5.79. The van der Waals surface area contributed by atoms with Crippen molar-refractivity contribution in [2.75, 3.05) is 6.54 Å². The topological polar surface area (TPSA) is 105 Å². The molecule has 0 aliphatic carbocycles. The van der Waals surface area contributed by atoms with Crippen LogP contribution in [-0.4, -0.2) is 43.9 Å². The molecule has 0 radical (unpaired) electrons. The quantitative estimate of drug-likeness (QED) is 0.640. The van der Waals surface area contributed by atoms with Crippen LogP contribution in [0.3, 0.4) is 0 Å². The van der Waals surface area contributed by atoms with Crippen molar-refractivity contribution >= 4 is 27.7 Å². The SMILES string of the molecule is CC[C@H](NS(=O)(=O)c1ccc(F)cc1Cl)[C@H](O)CNC(=O)OC(C)(C)C. The molecule has 0 aromatic heterocycles. The number of ether oxygens (including phenoxy) is 1. The Bertz CT molecular complexity index is 737. The standard InChI is InChI=1S/C16H24ClFN2O5S/c1-5-12(13(21)9-19-15(22)25-16(2,3)4)20-26(23,24)14-7-6-10(18)8-11(14)17/h6-8,12-13,20-21H,5,9H2,1-4H3,(H,19,22)/t12-,13+/m0/s1. The summed E-state index contributed by atoms with van der Waals surface area (Å²) in [5.74, 6) is -0.664. The van der Waals surface area contributed by atoms with Crippen molar-refractivity contribution in [3.63, 3.8) is 0 Å². The molecule has 0 unspecified atom stereocenters. The van der Waals surface area contributed by atoms with Crippen molar-refractivity contribution in [2.24, 2.45) is 0 Å². The molecule has 0 aliphatic rings. The Morgan fingerprint density at radius 2 is 2.00 bits per heavy atom. The summed E-state index contributed by atoms with van der Waals surface area (Å²) in [4.78, 5) is 11.3. The molecule has 0 aliphatic heterocycles. The van der Waals surface area contributed by atoms with E-state index in [0.29, 0.717) is 0 Å². The number of hydrogen-bond acceptors (Lipinski definition) is 5. The number of halogens is 2. The van der Waals surface area contributed by atoms with Gasteiger partial charge < -0.3 is 15.2 Å². The Kier molecular flexibility index (Phi) is 7.82. The Hall–Kier alpha value is -1.42. The van der Waals surface area contributed by atoms with Crippen LogP contribution in [0.15, 0.2) is 23.1 Å². The summed E-state index contributed by atoms with van der Waals surface area (Å²) in [6.07, 6.45) is -1.69. The summed E-state index contributed by atoms with van der Waals surface area (Å²) in [6.45, 7) is 6.53. The number of aliphatic hydroxyl groups excluding tert-OH is 1. The molecule has 148 valence electrons. The minimum absolute atomic E-state index is 0.215. The summed E-state index contributed by atoms with van der Waals surface area (Å²) in [5, 5.41) is 12.3. The second-order valence-corrected chi connectivity index (χ2v) is 8.75. The van der Waals surface area contributed by atoms with E-state index in [9.17, 15) is 22.7 Å². The van der Waals surface area contributed by atoms with Crippen molar-refractivity contribution in [3.8, 4) is 0 Å².